The number of nitrogens with zero attached hydrogens (tertiary/aromatic N) is 4. The minimum Gasteiger partial charge on any atom is -0.394 e. The van der Waals surface area contributed by atoms with Crippen LogP contribution < -0.4 is 5.56 Å². The maximum atomic E-state index is 12.0. The molecule has 0 fully saturated rings. The molecule has 0 amide bonds. The molecule has 0 saturated heterocycles. The van der Waals surface area contributed by atoms with Crippen molar-refractivity contribution in [1.29, 1.82) is 0 Å². The second kappa shape index (κ2) is 6.36. The maximum absolute atomic E-state index is 12.0. The molecule has 0 aliphatic rings. The van der Waals surface area contributed by atoms with Gasteiger partial charge in [0.15, 0.2) is 0 Å². The van der Waals surface area contributed by atoms with Gasteiger partial charge in [0, 0.05) is 17.8 Å². The molecule has 22 heavy (non-hydrogen) atoms. The molecule has 2 aromatic heterocycles. The van der Waals surface area contributed by atoms with Crippen LogP contribution in [0, 0.1) is 0 Å². The Morgan fingerprint density at radius 2 is 1.91 bits per heavy atom. The smallest absolute Gasteiger partial charge is 0.267 e. The Morgan fingerprint density at radius 1 is 1.09 bits per heavy atom. The van der Waals surface area contributed by atoms with Crippen LogP contribution in [0.2, 0.25) is 0 Å². The lowest BCUT2D eigenvalue weighted by molar-refractivity contribution is 0.269. The summed E-state index contributed by atoms with van der Waals surface area (Å²) in [5, 5.41) is 17.5. The molecule has 0 aliphatic heterocycles. The molecule has 0 unspecified atom stereocenters. The van der Waals surface area contributed by atoms with Crippen LogP contribution in [0.4, 0.5) is 0 Å². The fourth-order valence-corrected chi connectivity index (χ4v) is 2.19. The average Bonchev–Trinajstić information content (AvgIpc) is 3.00. The van der Waals surface area contributed by atoms with E-state index >= 15 is 0 Å². The van der Waals surface area contributed by atoms with Crippen molar-refractivity contribution in [3.05, 3.63) is 70.8 Å². The monoisotopic (exact) mass is 296 g/mol. The summed E-state index contributed by atoms with van der Waals surface area (Å²) in [4.78, 5) is 12.0. The van der Waals surface area contributed by atoms with Crippen molar-refractivity contribution in [2.24, 2.45) is 0 Å². The van der Waals surface area contributed by atoms with Gasteiger partial charge in [-0.1, -0.05) is 30.3 Å². The van der Waals surface area contributed by atoms with Crippen molar-refractivity contribution in [1.82, 2.24) is 19.6 Å². The van der Waals surface area contributed by atoms with Crippen LogP contribution >= 0.6 is 0 Å². The quantitative estimate of drug-likeness (QED) is 0.766. The molecule has 1 N–H and O–H groups in total. The first-order chi connectivity index (χ1) is 10.8. The van der Waals surface area contributed by atoms with E-state index in [0.717, 1.165) is 11.1 Å². The van der Waals surface area contributed by atoms with Gasteiger partial charge in [-0.2, -0.15) is 10.2 Å². The molecule has 1 aromatic carbocycles. The standard InChI is InChI=1S/C16H16N4O2/c21-9-8-19-12-14(10-17-19)15-6-7-16(22)20(18-15)11-13-4-2-1-3-5-13/h1-7,10,12,21H,8-9,11H2. The zero-order valence-corrected chi connectivity index (χ0v) is 12.0. The second-order valence-electron chi connectivity index (χ2n) is 4.92. The summed E-state index contributed by atoms with van der Waals surface area (Å²) in [6.45, 7) is 0.893. The van der Waals surface area contributed by atoms with E-state index in [1.807, 2.05) is 30.3 Å². The van der Waals surface area contributed by atoms with E-state index in [0.29, 0.717) is 18.8 Å². The third-order valence-corrected chi connectivity index (χ3v) is 3.30. The maximum Gasteiger partial charge on any atom is 0.267 e. The highest BCUT2D eigenvalue weighted by Crippen LogP contribution is 2.14. The molecular formula is C16H16N4O2. The minimum absolute atomic E-state index is 0.0298. The van der Waals surface area contributed by atoms with Crippen molar-refractivity contribution in [2.75, 3.05) is 6.61 Å². The first-order valence-corrected chi connectivity index (χ1v) is 7.02. The Balaban J connectivity index is 1.90. The highest BCUT2D eigenvalue weighted by molar-refractivity contribution is 5.55. The van der Waals surface area contributed by atoms with Crippen molar-refractivity contribution >= 4 is 0 Å². The Kier molecular flexibility index (Phi) is 4.11. The number of hydrogen-bond donors (Lipinski definition) is 1. The molecule has 112 valence electrons. The summed E-state index contributed by atoms with van der Waals surface area (Å²) in [6.07, 6.45) is 3.48. The highest BCUT2D eigenvalue weighted by Gasteiger charge is 2.06. The minimum atomic E-state index is -0.143. The van der Waals surface area contributed by atoms with Crippen LogP contribution in [0.25, 0.3) is 11.3 Å². The molecule has 0 radical (unpaired) electrons. The molecular weight excluding hydrogens is 280 g/mol. The van der Waals surface area contributed by atoms with Gasteiger partial charge in [-0.05, 0) is 11.6 Å². The predicted octanol–water partition coefficient (Wildman–Crippen LogP) is 1.15. The SMILES string of the molecule is O=c1ccc(-c2cnn(CCO)c2)nn1Cc1ccccc1. The topological polar surface area (TPSA) is 72.9 Å². The van der Waals surface area contributed by atoms with E-state index in [1.54, 1.807) is 23.1 Å². The number of benzene rings is 1. The molecule has 0 saturated carbocycles. The Labute approximate surface area is 127 Å². The highest BCUT2D eigenvalue weighted by atomic mass is 16.3. The summed E-state index contributed by atoms with van der Waals surface area (Å²) in [6, 6.07) is 12.9. The lowest BCUT2D eigenvalue weighted by Crippen LogP contribution is -2.22. The summed E-state index contributed by atoms with van der Waals surface area (Å²) >= 11 is 0. The van der Waals surface area contributed by atoms with Crippen molar-refractivity contribution in [3.8, 4) is 11.3 Å². The third-order valence-electron chi connectivity index (χ3n) is 3.30. The van der Waals surface area contributed by atoms with Gasteiger partial charge in [-0.3, -0.25) is 9.48 Å². The molecule has 0 aliphatic carbocycles. The van der Waals surface area contributed by atoms with Crippen LogP contribution in [-0.2, 0) is 13.1 Å². The first-order valence-electron chi connectivity index (χ1n) is 7.02. The Bertz CT molecular complexity index is 808. The molecule has 0 atom stereocenters. The first kappa shape index (κ1) is 14.2. The van der Waals surface area contributed by atoms with Crippen LogP contribution in [-0.4, -0.2) is 31.3 Å². The largest absolute Gasteiger partial charge is 0.394 e. The molecule has 6 nitrogen and oxygen atoms in total. The fourth-order valence-electron chi connectivity index (χ4n) is 2.19. The van der Waals surface area contributed by atoms with Crippen molar-refractivity contribution in [2.45, 2.75) is 13.1 Å². The second-order valence-corrected chi connectivity index (χ2v) is 4.92. The van der Waals surface area contributed by atoms with Gasteiger partial charge in [0.1, 0.15) is 0 Å². The fraction of sp³-hybridized carbons (Fsp3) is 0.188. The zero-order chi connectivity index (χ0) is 15.4. The lowest BCUT2D eigenvalue weighted by atomic mass is 10.2. The van der Waals surface area contributed by atoms with Gasteiger partial charge in [0.2, 0.25) is 0 Å². The van der Waals surface area contributed by atoms with E-state index in [9.17, 15) is 4.79 Å². The molecule has 3 aromatic rings. The summed E-state index contributed by atoms with van der Waals surface area (Å²) in [5.41, 5.74) is 2.37. The Hall–Kier alpha value is -2.73. The predicted molar refractivity (Wildman–Crippen MR) is 82.3 cm³/mol. The van der Waals surface area contributed by atoms with Gasteiger partial charge in [-0.15, -0.1) is 0 Å². The van der Waals surface area contributed by atoms with Crippen molar-refractivity contribution < 1.29 is 5.11 Å². The van der Waals surface area contributed by atoms with E-state index in [1.165, 1.54) is 10.7 Å². The number of aliphatic hydroxyl groups excluding tert-OH is 1. The van der Waals surface area contributed by atoms with Gasteiger partial charge >= 0.3 is 0 Å². The summed E-state index contributed by atoms with van der Waals surface area (Å²) in [5.74, 6) is 0. The van der Waals surface area contributed by atoms with Crippen LogP contribution in [0.5, 0.6) is 0 Å². The van der Waals surface area contributed by atoms with Crippen LogP contribution in [0.15, 0.2) is 59.7 Å². The molecule has 3 rings (SSSR count). The average molecular weight is 296 g/mol. The number of rotatable bonds is 5. The number of hydrogen-bond acceptors (Lipinski definition) is 4. The summed E-state index contributed by atoms with van der Waals surface area (Å²) < 4.78 is 3.08. The number of aromatic nitrogens is 4. The molecule has 0 spiro atoms. The van der Waals surface area contributed by atoms with Gasteiger partial charge in [0.25, 0.3) is 5.56 Å². The lowest BCUT2D eigenvalue weighted by Gasteiger charge is -2.06. The van der Waals surface area contributed by atoms with Gasteiger partial charge in [-0.25, -0.2) is 4.68 Å². The van der Waals surface area contributed by atoms with Crippen LogP contribution in [0.3, 0.4) is 0 Å². The molecule has 0 bridgehead atoms. The van der Waals surface area contributed by atoms with E-state index in [-0.39, 0.29) is 12.2 Å². The van der Waals surface area contributed by atoms with Crippen molar-refractivity contribution in [3.63, 3.8) is 0 Å². The molecule has 6 heteroatoms. The van der Waals surface area contributed by atoms with Gasteiger partial charge < -0.3 is 5.11 Å². The normalized spacial score (nSPS) is 10.8. The Morgan fingerprint density at radius 3 is 2.68 bits per heavy atom. The zero-order valence-electron chi connectivity index (χ0n) is 12.0. The third kappa shape index (κ3) is 3.12. The van der Waals surface area contributed by atoms with Crippen LogP contribution in [0.1, 0.15) is 5.56 Å². The molecule has 2 heterocycles. The summed E-state index contributed by atoms with van der Waals surface area (Å²) in [7, 11) is 0. The van der Waals surface area contributed by atoms with E-state index in [4.69, 9.17) is 5.11 Å². The van der Waals surface area contributed by atoms with Gasteiger partial charge in [0.05, 0.1) is 31.6 Å². The number of aliphatic hydroxyl groups is 1. The van der Waals surface area contributed by atoms with E-state index < -0.39 is 0 Å². The van der Waals surface area contributed by atoms with E-state index in [2.05, 4.69) is 10.2 Å².